The smallest absolute Gasteiger partial charge is 0.333 e. The zero-order valence-electron chi connectivity index (χ0n) is 27.1. The first-order valence-electron chi connectivity index (χ1n) is 15.4. The van der Waals surface area contributed by atoms with Crippen LogP contribution in [-0.4, -0.2) is 31.9 Å². The molecule has 0 aromatic heterocycles. The van der Waals surface area contributed by atoms with Crippen LogP contribution in [-0.2, 0) is 19.1 Å². The molecule has 12 nitrogen and oxygen atoms in total. The van der Waals surface area contributed by atoms with Gasteiger partial charge in [0.05, 0.1) is 47.3 Å². The second-order valence-corrected chi connectivity index (χ2v) is 10.3. The van der Waals surface area contributed by atoms with Gasteiger partial charge in [-0.3, -0.25) is 0 Å². The number of nitrogens with zero attached hydrogens (tertiary/aromatic N) is 6. The molecule has 4 aromatic carbocycles. The predicted molar refractivity (Wildman–Crippen MR) is 185 cm³/mol. The molecule has 4 rings (SSSR count). The zero-order chi connectivity index (χ0) is 34.7. The summed E-state index contributed by atoms with van der Waals surface area (Å²) in [4.78, 5) is 22.1. The Morgan fingerprint density at radius 3 is 1.55 bits per heavy atom. The summed E-state index contributed by atoms with van der Waals surface area (Å²) in [5, 5.41) is 25.9. The van der Waals surface area contributed by atoms with Gasteiger partial charge in [0.2, 0.25) is 6.79 Å². The quantitative estimate of drug-likeness (QED) is 0.0341. The van der Waals surface area contributed by atoms with E-state index in [1.807, 2.05) is 49.4 Å². The van der Waals surface area contributed by atoms with E-state index in [-0.39, 0.29) is 6.79 Å². The number of unbranched alkanes of at least 4 members (excludes halogenated alkanes) is 2. The third-order valence-corrected chi connectivity index (χ3v) is 6.60. The van der Waals surface area contributed by atoms with E-state index in [0.29, 0.717) is 53.1 Å². The monoisotopic (exact) mass is 660 g/mol. The van der Waals surface area contributed by atoms with E-state index in [2.05, 4.69) is 43.8 Å². The van der Waals surface area contributed by atoms with Crippen molar-refractivity contribution in [3.8, 4) is 11.5 Å². The van der Waals surface area contributed by atoms with Crippen LogP contribution in [0.15, 0.2) is 147 Å². The SMILES string of the molecule is C=CC(=O)OCCCCCOc1ccc(N=Nc2ccc(N=Nc3ccc(N=Nc4ccc(OCOC(=O)C=C)cc4)cc3)c(C)c2)cc1. The van der Waals surface area contributed by atoms with Crippen molar-refractivity contribution in [2.24, 2.45) is 30.7 Å². The summed E-state index contributed by atoms with van der Waals surface area (Å²) >= 11 is 0. The van der Waals surface area contributed by atoms with E-state index in [1.54, 1.807) is 48.5 Å². The lowest BCUT2D eigenvalue weighted by Gasteiger charge is -2.06. The number of azo groups is 3. The number of carbonyl (C=O) groups excluding carboxylic acids is 2. The molecule has 12 heteroatoms. The number of carbonyl (C=O) groups is 2. The molecule has 0 aliphatic carbocycles. The highest BCUT2D eigenvalue weighted by atomic mass is 16.7. The Bertz CT molecular complexity index is 1790. The number of hydrogen-bond acceptors (Lipinski definition) is 12. The van der Waals surface area contributed by atoms with Gasteiger partial charge in [0.1, 0.15) is 11.5 Å². The van der Waals surface area contributed by atoms with Crippen LogP contribution in [0.25, 0.3) is 0 Å². The van der Waals surface area contributed by atoms with Gasteiger partial charge in [-0.2, -0.15) is 30.7 Å². The molecule has 0 fully saturated rings. The number of benzene rings is 4. The molecule has 0 aliphatic heterocycles. The van der Waals surface area contributed by atoms with Crippen LogP contribution >= 0.6 is 0 Å². The summed E-state index contributed by atoms with van der Waals surface area (Å²) in [6.07, 6.45) is 4.77. The molecule has 250 valence electrons. The molecule has 49 heavy (non-hydrogen) atoms. The van der Waals surface area contributed by atoms with Crippen molar-refractivity contribution in [2.45, 2.75) is 26.2 Å². The normalized spacial score (nSPS) is 11.1. The lowest BCUT2D eigenvalue weighted by Crippen LogP contribution is -2.07. The van der Waals surface area contributed by atoms with E-state index in [4.69, 9.17) is 18.9 Å². The first kappa shape index (κ1) is 35.6. The average Bonchev–Trinajstić information content (AvgIpc) is 3.13. The van der Waals surface area contributed by atoms with Gasteiger partial charge in [0.25, 0.3) is 0 Å². The molecule has 0 saturated carbocycles. The summed E-state index contributed by atoms with van der Waals surface area (Å²) in [5.41, 5.74) is 4.97. The predicted octanol–water partition coefficient (Wildman–Crippen LogP) is 10.6. The molecule has 4 aromatic rings. The van der Waals surface area contributed by atoms with Crippen molar-refractivity contribution in [2.75, 3.05) is 20.0 Å². The van der Waals surface area contributed by atoms with Crippen LogP contribution in [0.1, 0.15) is 24.8 Å². The Kier molecular flexibility index (Phi) is 14.1. The van der Waals surface area contributed by atoms with Crippen molar-refractivity contribution in [1.29, 1.82) is 0 Å². The highest BCUT2D eigenvalue weighted by Gasteiger charge is 2.02. The third-order valence-electron chi connectivity index (χ3n) is 6.60. The second kappa shape index (κ2) is 19.4. The molecular weight excluding hydrogens is 624 g/mol. The fourth-order valence-electron chi connectivity index (χ4n) is 3.98. The highest BCUT2D eigenvalue weighted by molar-refractivity contribution is 5.81. The first-order valence-corrected chi connectivity index (χ1v) is 15.4. The van der Waals surface area contributed by atoms with Gasteiger partial charge >= 0.3 is 11.9 Å². The van der Waals surface area contributed by atoms with Gasteiger partial charge < -0.3 is 18.9 Å². The van der Waals surface area contributed by atoms with E-state index < -0.39 is 11.9 Å². The van der Waals surface area contributed by atoms with Crippen molar-refractivity contribution in [3.05, 3.63) is 122 Å². The summed E-state index contributed by atoms with van der Waals surface area (Å²) in [6.45, 7) is 9.39. The van der Waals surface area contributed by atoms with Gasteiger partial charge in [-0.25, -0.2) is 9.59 Å². The highest BCUT2D eigenvalue weighted by Crippen LogP contribution is 2.29. The van der Waals surface area contributed by atoms with Gasteiger partial charge in [-0.15, -0.1) is 0 Å². The topological polar surface area (TPSA) is 145 Å². The standard InChI is InChI=1S/C37H36N6O6/c1-4-36(44)47-24-8-6-7-23-46-33-18-13-31(14-19-33)40-42-32-17-22-35(27(3)25-32)43-41-29-11-9-28(10-12-29)38-39-30-15-20-34(21-16-30)48-26-49-37(45)5-2/h4-5,9-22,25H,1-2,6-8,23-24,26H2,3H3. The Hall–Kier alpha value is -6.30. The van der Waals surface area contributed by atoms with Crippen molar-refractivity contribution in [3.63, 3.8) is 0 Å². The van der Waals surface area contributed by atoms with E-state index in [1.165, 1.54) is 0 Å². The molecule has 0 N–H and O–H groups in total. The Balaban J connectivity index is 1.21. The Morgan fingerprint density at radius 1 is 0.551 bits per heavy atom. The molecule has 0 radical (unpaired) electrons. The maximum Gasteiger partial charge on any atom is 0.333 e. The first-order chi connectivity index (χ1) is 23.9. The van der Waals surface area contributed by atoms with E-state index in [0.717, 1.165) is 42.7 Å². The number of esters is 2. The fraction of sp³-hybridized carbons (Fsp3) is 0.189. The maximum absolute atomic E-state index is 11.1. The summed E-state index contributed by atoms with van der Waals surface area (Å²) in [6, 6.07) is 27.1. The molecule has 0 aliphatic rings. The van der Waals surface area contributed by atoms with Crippen molar-refractivity contribution < 1.29 is 28.5 Å². The minimum atomic E-state index is -0.555. The summed E-state index contributed by atoms with van der Waals surface area (Å²) < 4.78 is 20.8. The molecule has 0 saturated heterocycles. The molecule has 0 unspecified atom stereocenters. The van der Waals surface area contributed by atoms with Crippen LogP contribution in [0.4, 0.5) is 34.1 Å². The average molecular weight is 661 g/mol. The number of rotatable bonds is 18. The van der Waals surface area contributed by atoms with Gasteiger partial charge in [-0.05, 0) is 123 Å². The number of hydrogen-bond donors (Lipinski definition) is 0. The van der Waals surface area contributed by atoms with E-state index >= 15 is 0 Å². The zero-order valence-corrected chi connectivity index (χ0v) is 27.1. The Labute approximate surface area is 284 Å². The van der Waals surface area contributed by atoms with Crippen LogP contribution < -0.4 is 9.47 Å². The van der Waals surface area contributed by atoms with Gasteiger partial charge in [0.15, 0.2) is 0 Å². The van der Waals surface area contributed by atoms with Crippen molar-refractivity contribution >= 4 is 46.1 Å². The lowest BCUT2D eigenvalue weighted by molar-refractivity contribution is -0.144. The lowest BCUT2D eigenvalue weighted by atomic mass is 10.2. The number of aryl methyl sites for hydroxylation is 1. The molecule has 0 amide bonds. The van der Waals surface area contributed by atoms with Gasteiger partial charge in [-0.1, -0.05) is 13.2 Å². The molecule has 0 atom stereocenters. The Morgan fingerprint density at radius 2 is 1.00 bits per heavy atom. The molecular formula is C37H36N6O6. The molecule has 0 spiro atoms. The minimum Gasteiger partial charge on any atom is -0.494 e. The maximum atomic E-state index is 11.1. The largest absolute Gasteiger partial charge is 0.494 e. The van der Waals surface area contributed by atoms with Crippen LogP contribution in [0.2, 0.25) is 0 Å². The summed E-state index contributed by atoms with van der Waals surface area (Å²) in [7, 11) is 0. The van der Waals surface area contributed by atoms with Gasteiger partial charge in [0, 0.05) is 12.2 Å². The molecule has 0 bridgehead atoms. The summed E-state index contributed by atoms with van der Waals surface area (Å²) in [5.74, 6) is 0.328. The van der Waals surface area contributed by atoms with Crippen LogP contribution in [0, 0.1) is 6.92 Å². The minimum absolute atomic E-state index is 0.205. The van der Waals surface area contributed by atoms with E-state index in [9.17, 15) is 9.59 Å². The van der Waals surface area contributed by atoms with Crippen LogP contribution in [0.3, 0.4) is 0 Å². The third kappa shape index (κ3) is 12.8. The van der Waals surface area contributed by atoms with Crippen molar-refractivity contribution in [1.82, 2.24) is 0 Å². The second-order valence-electron chi connectivity index (χ2n) is 10.3. The fourth-order valence-corrected chi connectivity index (χ4v) is 3.98. The van der Waals surface area contributed by atoms with Crippen LogP contribution in [0.5, 0.6) is 11.5 Å². The number of ether oxygens (including phenoxy) is 4. The molecule has 0 heterocycles.